The highest BCUT2D eigenvalue weighted by atomic mass is 16.7. The summed E-state index contributed by atoms with van der Waals surface area (Å²) in [5.74, 6) is -0.895. The second kappa shape index (κ2) is 5.54. The number of carbonyl (C=O) groups is 2. The summed E-state index contributed by atoms with van der Waals surface area (Å²) in [6.07, 6.45) is 3.47. The summed E-state index contributed by atoms with van der Waals surface area (Å²) in [6, 6.07) is 0. The quantitative estimate of drug-likeness (QED) is 0.578. The SMILES string of the molecule is COC(=O)C1=CO[C@@H](OC(=O)C(C)(C)C)[C@@H]2C(C)=CC[C@H]12. The van der Waals surface area contributed by atoms with E-state index in [9.17, 15) is 9.59 Å². The molecule has 0 aromatic carbocycles. The Morgan fingerprint density at radius 2 is 2.00 bits per heavy atom. The minimum Gasteiger partial charge on any atom is -0.466 e. The maximum Gasteiger partial charge on any atom is 0.337 e. The predicted molar refractivity (Wildman–Crippen MR) is 75.9 cm³/mol. The van der Waals surface area contributed by atoms with Crippen LogP contribution in [0, 0.1) is 17.3 Å². The number of esters is 2. The Morgan fingerprint density at radius 1 is 1.33 bits per heavy atom. The van der Waals surface area contributed by atoms with E-state index in [-0.39, 0.29) is 17.8 Å². The molecule has 2 rings (SSSR count). The number of carbonyl (C=O) groups excluding carboxylic acids is 2. The van der Waals surface area contributed by atoms with Crippen molar-refractivity contribution < 1.29 is 23.8 Å². The van der Waals surface area contributed by atoms with Crippen molar-refractivity contribution in [3.05, 3.63) is 23.5 Å². The smallest absolute Gasteiger partial charge is 0.337 e. The van der Waals surface area contributed by atoms with Gasteiger partial charge in [-0.1, -0.05) is 11.6 Å². The second-order valence-corrected chi connectivity index (χ2v) is 6.54. The highest BCUT2D eigenvalue weighted by Crippen LogP contribution is 2.43. The van der Waals surface area contributed by atoms with Crippen molar-refractivity contribution in [2.24, 2.45) is 17.3 Å². The summed E-state index contributed by atoms with van der Waals surface area (Å²) in [5.41, 5.74) is 0.974. The average Bonchev–Trinajstić information content (AvgIpc) is 2.80. The van der Waals surface area contributed by atoms with Gasteiger partial charge in [-0.3, -0.25) is 4.79 Å². The van der Waals surface area contributed by atoms with Gasteiger partial charge < -0.3 is 14.2 Å². The fourth-order valence-electron chi connectivity index (χ4n) is 2.65. The Kier molecular flexibility index (Phi) is 4.12. The molecule has 2 aliphatic rings. The van der Waals surface area contributed by atoms with Crippen molar-refractivity contribution in [2.75, 3.05) is 7.11 Å². The molecule has 0 spiro atoms. The summed E-state index contributed by atoms with van der Waals surface area (Å²) in [7, 11) is 1.35. The largest absolute Gasteiger partial charge is 0.466 e. The molecule has 0 bridgehead atoms. The summed E-state index contributed by atoms with van der Waals surface area (Å²) in [6.45, 7) is 7.35. The number of allylic oxidation sites excluding steroid dienone is 1. The fraction of sp³-hybridized carbons (Fsp3) is 0.625. The maximum absolute atomic E-state index is 12.1. The first-order valence-electron chi connectivity index (χ1n) is 7.07. The zero-order valence-corrected chi connectivity index (χ0v) is 13.1. The molecular weight excluding hydrogens is 272 g/mol. The Labute approximate surface area is 124 Å². The topological polar surface area (TPSA) is 61.8 Å². The highest BCUT2D eigenvalue weighted by Gasteiger charge is 2.45. The number of rotatable bonds is 2. The first-order valence-corrected chi connectivity index (χ1v) is 7.07. The predicted octanol–water partition coefficient (Wildman–Crippen LogP) is 2.57. The monoisotopic (exact) mass is 294 g/mol. The average molecular weight is 294 g/mol. The van der Waals surface area contributed by atoms with E-state index in [1.807, 2.05) is 6.92 Å². The van der Waals surface area contributed by atoms with Gasteiger partial charge in [-0.15, -0.1) is 0 Å². The third kappa shape index (κ3) is 2.96. The zero-order chi connectivity index (χ0) is 15.8. The Morgan fingerprint density at radius 3 is 2.57 bits per heavy atom. The molecule has 1 heterocycles. The lowest BCUT2D eigenvalue weighted by Crippen LogP contribution is -2.40. The Balaban J connectivity index is 2.22. The van der Waals surface area contributed by atoms with Gasteiger partial charge in [0, 0.05) is 5.92 Å². The maximum atomic E-state index is 12.1. The summed E-state index contributed by atoms with van der Waals surface area (Å²) in [5, 5.41) is 0. The van der Waals surface area contributed by atoms with E-state index in [2.05, 4.69) is 6.08 Å². The Hall–Kier alpha value is -1.78. The first-order chi connectivity index (χ1) is 9.75. The molecule has 116 valence electrons. The van der Waals surface area contributed by atoms with Crippen molar-refractivity contribution >= 4 is 11.9 Å². The number of methoxy groups -OCH3 is 1. The van der Waals surface area contributed by atoms with Gasteiger partial charge in [0.1, 0.15) is 0 Å². The lowest BCUT2D eigenvalue weighted by atomic mass is 9.83. The lowest BCUT2D eigenvalue weighted by Gasteiger charge is -2.35. The molecule has 0 amide bonds. The van der Waals surface area contributed by atoms with Crippen molar-refractivity contribution in [2.45, 2.75) is 40.4 Å². The van der Waals surface area contributed by atoms with Gasteiger partial charge in [-0.2, -0.15) is 0 Å². The van der Waals surface area contributed by atoms with Gasteiger partial charge in [0.05, 0.1) is 30.3 Å². The third-order valence-corrected chi connectivity index (χ3v) is 3.93. The van der Waals surface area contributed by atoms with E-state index in [0.717, 1.165) is 12.0 Å². The molecule has 5 heteroatoms. The Bertz CT molecular complexity index is 509. The number of ether oxygens (including phenoxy) is 3. The van der Waals surface area contributed by atoms with E-state index >= 15 is 0 Å². The van der Waals surface area contributed by atoms with Crippen LogP contribution in [0.5, 0.6) is 0 Å². The van der Waals surface area contributed by atoms with Crippen LogP contribution in [0.2, 0.25) is 0 Å². The highest BCUT2D eigenvalue weighted by molar-refractivity contribution is 5.89. The van der Waals surface area contributed by atoms with E-state index in [4.69, 9.17) is 14.2 Å². The molecule has 0 fully saturated rings. The first kappa shape index (κ1) is 15.6. The van der Waals surface area contributed by atoms with Gasteiger partial charge in [-0.05, 0) is 34.1 Å². The van der Waals surface area contributed by atoms with Gasteiger partial charge in [0.15, 0.2) is 0 Å². The van der Waals surface area contributed by atoms with E-state index < -0.39 is 17.7 Å². The van der Waals surface area contributed by atoms with Crippen LogP contribution in [0.15, 0.2) is 23.5 Å². The molecule has 3 atom stereocenters. The van der Waals surface area contributed by atoms with Gasteiger partial charge in [0.2, 0.25) is 6.29 Å². The standard InChI is InChI=1S/C16H22O5/c1-9-6-7-10-11(13(17)19-5)8-20-14(12(9)10)21-15(18)16(2,3)4/h6,8,10,12,14H,7H2,1-5H3/t10-,12-,14+/m1/s1. The van der Waals surface area contributed by atoms with Crippen LogP contribution in [0.3, 0.4) is 0 Å². The second-order valence-electron chi connectivity index (χ2n) is 6.54. The minimum atomic E-state index is -0.686. The molecule has 0 radical (unpaired) electrons. The fourth-order valence-corrected chi connectivity index (χ4v) is 2.65. The minimum absolute atomic E-state index is 0.0519. The summed E-state index contributed by atoms with van der Waals surface area (Å²) < 4.78 is 15.8. The van der Waals surface area contributed by atoms with Crippen LogP contribution in [0.1, 0.15) is 34.1 Å². The lowest BCUT2D eigenvalue weighted by molar-refractivity contribution is -0.190. The molecule has 21 heavy (non-hydrogen) atoms. The molecule has 0 aromatic rings. The van der Waals surface area contributed by atoms with Gasteiger partial charge in [-0.25, -0.2) is 4.79 Å². The van der Waals surface area contributed by atoms with E-state index in [1.54, 1.807) is 20.8 Å². The molecule has 0 saturated carbocycles. The normalized spacial score (nSPS) is 28.0. The molecule has 1 aliphatic carbocycles. The van der Waals surface area contributed by atoms with E-state index in [1.165, 1.54) is 13.4 Å². The zero-order valence-electron chi connectivity index (χ0n) is 13.1. The third-order valence-electron chi connectivity index (χ3n) is 3.93. The van der Waals surface area contributed by atoms with E-state index in [0.29, 0.717) is 5.57 Å². The summed E-state index contributed by atoms with van der Waals surface area (Å²) >= 11 is 0. The van der Waals surface area contributed by atoms with Crippen molar-refractivity contribution in [3.8, 4) is 0 Å². The van der Waals surface area contributed by atoms with Crippen LogP contribution in [-0.4, -0.2) is 25.3 Å². The van der Waals surface area contributed by atoms with Crippen molar-refractivity contribution in [1.29, 1.82) is 0 Å². The molecule has 1 aliphatic heterocycles. The van der Waals surface area contributed by atoms with Gasteiger partial charge >= 0.3 is 11.9 Å². The van der Waals surface area contributed by atoms with Crippen LogP contribution in [0.4, 0.5) is 0 Å². The molecule has 0 N–H and O–H groups in total. The number of hydrogen-bond donors (Lipinski definition) is 0. The molecule has 5 nitrogen and oxygen atoms in total. The van der Waals surface area contributed by atoms with Crippen LogP contribution in [0.25, 0.3) is 0 Å². The van der Waals surface area contributed by atoms with Crippen LogP contribution in [-0.2, 0) is 23.8 Å². The van der Waals surface area contributed by atoms with Crippen LogP contribution >= 0.6 is 0 Å². The van der Waals surface area contributed by atoms with Gasteiger partial charge in [0.25, 0.3) is 0 Å². The van der Waals surface area contributed by atoms with Crippen molar-refractivity contribution in [1.82, 2.24) is 0 Å². The number of hydrogen-bond acceptors (Lipinski definition) is 5. The molecule has 0 aromatic heterocycles. The van der Waals surface area contributed by atoms with Crippen molar-refractivity contribution in [3.63, 3.8) is 0 Å². The number of fused-ring (bicyclic) bond motifs is 1. The molecule has 0 unspecified atom stereocenters. The summed E-state index contributed by atoms with van der Waals surface area (Å²) in [4.78, 5) is 23.9. The molecular formula is C16H22O5. The molecule has 0 saturated heterocycles. The van der Waals surface area contributed by atoms with Crippen LogP contribution < -0.4 is 0 Å².